The highest BCUT2D eigenvalue weighted by molar-refractivity contribution is 5.76. The van der Waals surface area contributed by atoms with Crippen LogP contribution in [0.25, 0.3) is 11.4 Å². The lowest BCUT2D eigenvalue weighted by Gasteiger charge is -2.35. The van der Waals surface area contributed by atoms with Gasteiger partial charge in [0.1, 0.15) is 0 Å². The second-order valence-corrected chi connectivity index (χ2v) is 8.06. The number of carbonyl (C=O) groups excluding carboxylic acids is 1. The molecule has 0 N–H and O–H groups in total. The molecular weight excluding hydrogens is 352 g/mol. The summed E-state index contributed by atoms with van der Waals surface area (Å²) in [5.74, 6) is 2.30. The molecule has 1 saturated carbocycles. The van der Waals surface area contributed by atoms with Crippen molar-refractivity contribution in [1.82, 2.24) is 19.9 Å². The van der Waals surface area contributed by atoms with E-state index in [2.05, 4.69) is 19.9 Å². The molecule has 150 valence electrons. The number of hydrogen-bond donors (Lipinski definition) is 0. The third-order valence-electron chi connectivity index (χ3n) is 6.06. The predicted molar refractivity (Wildman–Crippen MR) is 108 cm³/mol. The molecule has 1 aliphatic heterocycles. The van der Waals surface area contributed by atoms with Crippen LogP contribution in [-0.4, -0.2) is 58.6 Å². The molecule has 1 aliphatic carbocycles. The van der Waals surface area contributed by atoms with Gasteiger partial charge in [0.25, 0.3) is 0 Å². The van der Waals surface area contributed by atoms with Gasteiger partial charge in [-0.25, -0.2) is 0 Å². The van der Waals surface area contributed by atoms with Crippen LogP contribution < -0.4 is 0 Å². The molecule has 28 heavy (non-hydrogen) atoms. The molecule has 1 aromatic carbocycles. The van der Waals surface area contributed by atoms with Crippen molar-refractivity contribution in [3.8, 4) is 11.4 Å². The molecule has 2 fully saturated rings. The van der Waals surface area contributed by atoms with E-state index in [0.717, 1.165) is 51.1 Å². The average molecular weight is 383 g/mol. The van der Waals surface area contributed by atoms with E-state index in [1.165, 1.54) is 32.1 Å². The van der Waals surface area contributed by atoms with Crippen LogP contribution in [0.2, 0.25) is 0 Å². The van der Waals surface area contributed by atoms with Gasteiger partial charge in [0.2, 0.25) is 17.6 Å². The molecule has 2 aliphatic rings. The SMILES string of the molecule is O=C(CC1CCCCC1)N1CCN(CCc2nc(-c3ccccc3)no2)CC1. The maximum absolute atomic E-state index is 12.6. The van der Waals surface area contributed by atoms with Gasteiger partial charge in [-0.3, -0.25) is 9.69 Å². The van der Waals surface area contributed by atoms with Crippen molar-refractivity contribution in [3.05, 3.63) is 36.2 Å². The van der Waals surface area contributed by atoms with E-state index in [1.54, 1.807) is 0 Å². The van der Waals surface area contributed by atoms with E-state index in [4.69, 9.17) is 4.52 Å². The van der Waals surface area contributed by atoms with Crippen molar-refractivity contribution in [3.63, 3.8) is 0 Å². The van der Waals surface area contributed by atoms with Gasteiger partial charge in [-0.2, -0.15) is 4.98 Å². The highest BCUT2D eigenvalue weighted by atomic mass is 16.5. The number of piperazine rings is 1. The Labute approximate surface area is 166 Å². The summed E-state index contributed by atoms with van der Waals surface area (Å²) in [6, 6.07) is 9.89. The molecule has 0 bridgehead atoms. The summed E-state index contributed by atoms with van der Waals surface area (Å²) in [6.45, 7) is 4.42. The van der Waals surface area contributed by atoms with Crippen molar-refractivity contribution in [2.24, 2.45) is 5.92 Å². The Balaban J connectivity index is 1.19. The van der Waals surface area contributed by atoms with Crippen LogP contribution in [0.5, 0.6) is 0 Å². The van der Waals surface area contributed by atoms with Crippen molar-refractivity contribution in [2.45, 2.75) is 44.9 Å². The van der Waals surface area contributed by atoms with E-state index in [-0.39, 0.29) is 0 Å². The average Bonchev–Trinajstić information content (AvgIpc) is 3.23. The van der Waals surface area contributed by atoms with Crippen LogP contribution >= 0.6 is 0 Å². The number of hydrogen-bond acceptors (Lipinski definition) is 5. The van der Waals surface area contributed by atoms with Gasteiger partial charge >= 0.3 is 0 Å². The van der Waals surface area contributed by atoms with Gasteiger partial charge in [-0.15, -0.1) is 0 Å². The number of rotatable bonds is 6. The van der Waals surface area contributed by atoms with Gasteiger partial charge < -0.3 is 9.42 Å². The summed E-state index contributed by atoms with van der Waals surface area (Å²) in [5.41, 5.74) is 0.975. The quantitative estimate of drug-likeness (QED) is 0.766. The topological polar surface area (TPSA) is 62.5 Å². The third kappa shape index (κ3) is 4.98. The first-order chi connectivity index (χ1) is 13.8. The van der Waals surface area contributed by atoms with Gasteiger partial charge in [-0.05, 0) is 18.8 Å². The van der Waals surface area contributed by atoms with E-state index in [1.807, 2.05) is 30.3 Å². The number of amides is 1. The Morgan fingerprint density at radius 2 is 1.79 bits per heavy atom. The molecule has 0 atom stereocenters. The van der Waals surface area contributed by atoms with E-state index >= 15 is 0 Å². The molecule has 6 heteroatoms. The van der Waals surface area contributed by atoms with Crippen molar-refractivity contribution in [2.75, 3.05) is 32.7 Å². The molecule has 1 saturated heterocycles. The highest BCUT2D eigenvalue weighted by Crippen LogP contribution is 2.27. The molecule has 0 radical (unpaired) electrons. The van der Waals surface area contributed by atoms with E-state index in [0.29, 0.717) is 23.5 Å². The number of carbonyl (C=O) groups is 1. The zero-order chi connectivity index (χ0) is 19.2. The summed E-state index contributed by atoms with van der Waals surface area (Å²) in [5, 5.41) is 4.08. The largest absolute Gasteiger partial charge is 0.340 e. The lowest BCUT2D eigenvalue weighted by Crippen LogP contribution is -2.49. The molecule has 4 rings (SSSR count). The molecule has 2 aromatic rings. The molecule has 0 unspecified atom stereocenters. The maximum atomic E-state index is 12.6. The smallest absolute Gasteiger partial charge is 0.228 e. The molecule has 6 nitrogen and oxygen atoms in total. The monoisotopic (exact) mass is 382 g/mol. The Bertz CT molecular complexity index is 747. The van der Waals surface area contributed by atoms with E-state index < -0.39 is 0 Å². The first-order valence-electron chi connectivity index (χ1n) is 10.7. The minimum absolute atomic E-state index is 0.357. The molecule has 0 spiro atoms. The molecule has 1 amide bonds. The second kappa shape index (κ2) is 9.32. The first kappa shape index (κ1) is 19.1. The summed E-state index contributed by atoms with van der Waals surface area (Å²) in [4.78, 5) is 21.5. The van der Waals surface area contributed by atoms with Gasteiger partial charge in [0, 0.05) is 51.1 Å². The Morgan fingerprint density at radius 1 is 1.04 bits per heavy atom. The number of aromatic nitrogens is 2. The van der Waals surface area contributed by atoms with Crippen molar-refractivity contribution >= 4 is 5.91 Å². The van der Waals surface area contributed by atoms with Crippen molar-refractivity contribution in [1.29, 1.82) is 0 Å². The second-order valence-electron chi connectivity index (χ2n) is 8.06. The molecule has 1 aromatic heterocycles. The Hall–Kier alpha value is -2.21. The zero-order valence-electron chi connectivity index (χ0n) is 16.6. The van der Waals surface area contributed by atoms with Crippen LogP contribution in [0.3, 0.4) is 0 Å². The number of nitrogens with zero attached hydrogens (tertiary/aromatic N) is 4. The number of benzene rings is 1. The summed E-state index contributed by atoms with van der Waals surface area (Å²) in [7, 11) is 0. The van der Waals surface area contributed by atoms with E-state index in [9.17, 15) is 4.79 Å². The fraction of sp³-hybridized carbons (Fsp3) is 0.591. The molecular formula is C22H30N4O2. The van der Waals surface area contributed by atoms with Crippen molar-refractivity contribution < 1.29 is 9.32 Å². The molecule has 2 heterocycles. The normalized spacial score (nSPS) is 19.1. The zero-order valence-corrected chi connectivity index (χ0v) is 16.6. The van der Waals surface area contributed by atoms with Crippen LogP contribution in [0, 0.1) is 5.92 Å². The Morgan fingerprint density at radius 3 is 2.54 bits per heavy atom. The first-order valence-corrected chi connectivity index (χ1v) is 10.7. The van der Waals surface area contributed by atoms with Gasteiger partial charge in [-0.1, -0.05) is 54.8 Å². The Kier molecular flexibility index (Phi) is 6.37. The summed E-state index contributed by atoms with van der Waals surface area (Å²) in [6.07, 6.45) is 7.92. The lowest BCUT2D eigenvalue weighted by molar-refractivity contribution is -0.134. The fourth-order valence-corrected chi connectivity index (χ4v) is 4.30. The van der Waals surface area contributed by atoms with Crippen LogP contribution in [0.4, 0.5) is 0 Å². The van der Waals surface area contributed by atoms with Gasteiger partial charge in [0.15, 0.2) is 0 Å². The lowest BCUT2D eigenvalue weighted by atomic mass is 9.86. The minimum Gasteiger partial charge on any atom is -0.340 e. The minimum atomic E-state index is 0.357. The summed E-state index contributed by atoms with van der Waals surface area (Å²) < 4.78 is 5.40. The standard InChI is InChI=1S/C22H30N4O2/c27-21(17-18-7-3-1-4-8-18)26-15-13-25(14-16-26)12-11-20-23-22(24-28-20)19-9-5-2-6-10-19/h2,5-6,9-10,18H,1,3-4,7-8,11-17H2. The highest BCUT2D eigenvalue weighted by Gasteiger charge is 2.24. The fourth-order valence-electron chi connectivity index (χ4n) is 4.30. The van der Waals surface area contributed by atoms with Gasteiger partial charge in [0.05, 0.1) is 0 Å². The maximum Gasteiger partial charge on any atom is 0.228 e. The predicted octanol–water partition coefficient (Wildman–Crippen LogP) is 3.39. The van der Waals surface area contributed by atoms with Crippen LogP contribution in [0.1, 0.15) is 44.4 Å². The van der Waals surface area contributed by atoms with Crippen LogP contribution in [0.15, 0.2) is 34.9 Å². The third-order valence-corrected chi connectivity index (χ3v) is 6.06. The summed E-state index contributed by atoms with van der Waals surface area (Å²) >= 11 is 0. The van der Waals surface area contributed by atoms with Crippen LogP contribution in [-0.2, 0) is 11.2 Å².